The highest BCUT2D eigenvalue weighted by atomic mass is 79.9. The van der Waals surface area contributed by atoms with Crippen LogP contribution >= 0.6 is 15.9 Å². The van der Waals surface area contributed by atoms with Gasteiger partial charge in [-0.15, -0.1) is 0 Å². The molecule has 7 heteroatoms. The lowest BCUT2D eigenvalue weighted by atomic mass is 10.2. The van der Waals surface area contributed by atoms with E-state index < -0.39 is 4.92 Å². The third-order valence-electron chi connectivity index (χ3n) is 3.44. The molecule has 1 aliphatic heterocycles. The minimum atomic E-state index is -0.410. The van der Waals surface area contributed by atoms with Gasteiger partial charge < -0.3 is 5.32 Å². The van der Waals surface area contributed by atoms with Crippen molar-refractivity contribution in [3.63, 3.8) is 0 Å². The Morgan fingerprint density at radius 3 is 3.16 bits per heavy atom. The molecular formula is C12H17BrN4O2. The zero-order valence-electron chi connectivity index (χ0n) is 10.8. The molecule has 6 nitrogen and oxygen atoms in total. The molecule has 1 unspecified atom stereocenters. The number of aromatic nitrogens is 1. The smallest absolute Gasteiger partial charge is 0.312 e. The Bertz CT molecular complexity index is 469. The molecule has 2 heterocycles. The molecule has 1 aliphatic rings. The average molecular weight is 329 g/mol. The maximum atomic E-state index is 11.0. The summed E-state index contributed by atoms with van der Waals surface area (Å²) in [4.78, 5) is 17.1. The Balaban J connectivity index is 2.05. The summed E-state index contributed by atoms with van der Waals surface area (Å²) in [5.74, 6) is 0.344. The predicted molar refractivity (Wildman–Crippen MR) is 77.4 cm³/mol. The number of likely N-dealkylation sites (N-methyl/N-ethyl adjacent to an activating group) is 1. The van der Waals surface area contributed by atoms with E-state index in [0.29, 0.717) is 22.9 Å². The largest absolute Gasteiger partial charge is 0.363 e. The molecule has 2 rings (SSSR count). The molecule has 0 radical (unpaired) electrons. The van der Waals surface area contributed by atoms with Crippen LogP contribution in [-0.2, 0) is 0 Å². The number of nitro groups is 1. The second-order valence-corrected chi connectivity index (χ2v) is 5.50. The lowest BCUT2D eigenvalue weighted by Crippen LogP contribution is -2.34. The molecular weight excluding hydrogens is 312 g/mol. The van der Waals surface area contributed by atoms with Crippen LogP contribution in [-0.4, -0.2) is 40.5 Å². The lowest BCUT2D eigenvalue weighted by molar-refractivity contribution is -0.384. The number of nitrogens with one attached hydrogen (secondary N) is 1. The summed E-state index contributed by atoms with van der Waals surface area (Å²) < 4.78 is 0.612. The van der Waals surface area contributed by atoms with E-state index in [0.717, 1.165) is 19.5 Å². The van der Waals surface area contributed by atoms with Crippen molar-refractivity contribution in [2.24, 2.45) is 0 Å². The summed E-state index contributed by atoms with van der Waals surface area (Å²) in [6, 6.07) is 1.91. The van der Waals surface area contributed by atoms with Gasteiger partial charge in [-0.25, -0.2) is 4.98 Å². The molecule has 0 amide bonds. The zero-order valence-corrected chi connectivity index (χ0v) is 12.4. The number of anilines is 1. The number of likely N-dealkylation sites (tertiary alicyclic amines) is 1. The van der Waals surface area contributed by atoms with Gasteiger partial charge in [-0.1, -0.05) is 6.92 Å². The van der Waals surface area contributed by atoms with Crippen LogP contribution in [0.5, 0.6) is 0 Å². The highest BCUT2D eigenvalue weighted by Crippen LogP contribution is 2.26. The third kappa shape index (κ3) is 3.42. The molecule has 1 fully saturated rings. The normalized spacial score (nSPS) is 19.6. The molecule has 1 saturated heterocycles. The van der Waals surface area contributed by atoms with E-state index in [-0.39, 0.29) is 5.69 Å². The molecule has 0 aromatic carbocycles. The fraction of sp³-hybridized carbons (Fsp3) is 0.583. The van der Waals surface area contributed by atoms with Crippen molar-refractivity contribution in [2.75, 3.05) is 25.0 Å². The van der Waals surface area contributed by atoms with E-state index in [4.69, 9.17) is 0 Å². The van der Waals surface area contributed by atoms with Crippen molar-refractivity contribution in [3.05, 3.63) is 26.9 Å². The SMILES string of the molecule is CCN1CCCC1CNc1ncc(Br)cc1[N+](=O)[O-]. The summed E-state index contributed by atoms with van der Waals surface area (Å²) in [6.07, 6.45) is 3.89. The number of rotatable bonds is 5. The monoisotopic (exact) mass is 328 g/mol. The minimum Gasteiger partial charge on any atom is -0.363 e. The summed E-state index contributed by atoms with van der Waals surface area (Å²) >= 11 is 3.20. The first-order valence-corrected chi connectivity index (χ1v) is 7.19. The van der Waals surface area contributed by atoms with E-state index in [1.54, 1.807) is 6.20 Å². The minimum absolute atomic E-state index is 0.00965. The van der Waals surface area contributed by atoms with Crippen molar-refractivity contribution in [3.8, 4) is 0 Å². The second-order valence-electron chi connectivity index (χ2n) is 4.58. The Kier molecular flexibility index (Phi) is 4.71. The highest BCUT2D eigenvalue weighted by molar-refractivity contribution is 9.10. The first-order chi connectivity index (χ1) is 9.11. The van der Waals surface area contributed by atoms with Crippen LogP contribution < -0.4 is 5.32 Å². The van der Waals surface area contributed by atoms with Crippen LogP contribution in [0.2, 0.25) is 0 Å². The summed E-state index contributed by atoms with van der Waals surface area (Å²) in [5.41, 5.74) is 0.00965. The maximum absolute atomic E-state index is 11.0. The van der Waals surface area contributed by atoms with Crippen molar-refractivity contribution >= 4 is 27.4 Å². The molecule has 1 aromatic rings. The van der Waals surface area contributed by atoms with Gasteiger partial charge in [0.25, 0.3) is 0 Å². The number of hydrogen-bond donors (Lipinski definition) is 1. The van der Waals surface area contributed by atoms with Gasteiger partial charge in [-0.05, 0) is 41.9 Å². The summed E-state index contributed by atoms with van der Waals surface area (Å²) in [5, 5.41) is 14.1. The topological polar surface area (TPSA) is 71.3 Å². The van der Waals surface area contributed by atoms with Crippen LogP contribution in [0.25, 0.3) is 0 Å². The van der Waals surface area contributed by atoms with Crippen LogP contribution in [0, 0.1) is 10.1 Å². The first kappa shape index (κ1) is 14.2. The Hall–Kier alpha value is -1.21. The van der Waals surface area contributed by atoms with Crippen LogP contribution in [0.1, 0.15) is 19.8 Å². The molecule has 1 atom stereocenters. The van der Waals surface area contributed by atoms with Crippen LogP contribution in [0.15, 0.2) is 16.7 Å². The second kappa shape index (κ2) is 6.29. The Morgan fingerprint density at radius 1 is 1.68 bits per heavy atom. The van der Waals surface area contributed by atoms with Crippen molar-refractivity contribution < 1.29 is 4.92 Å². The predicted octanol–water partition coefficient (Wildman–Crippen LogP) is 2.65. The average Bonchev–Trinajstić information content (AvgIpc) is 2.84. The molecule has 104 valence electrons. The van der Waals surface area contributed by atoms with Gasteiger partial charge >= 0.3 is 5.69 Å². The molecule has 1 N–H and O–H groups in total. The molecule has 0 saturated carbocycles. The van der Waals surface area contributed by atoms with Crippen molar-refractivity contribution in [2.45, 2.75) is 25.8 Å². The Labute approximate surface area is 120 Å². The van der Waals surface area contributed by atoms with Crippen LogP contribution in [0.3, 0.4) is 0 Å². The molecule has 1 aromatic heterocycles. The fourth-order valence-corrected chi connectivity index (χ4v) is 2.78. The quantitative estimate of drug-likeness (QED) is 0.664. The standard InChI is InChI=1S/C12H17BrN4O2/c1-2-16-5-3-4-10(16)8-15-12-11(17(18)19)6-9(13)7-14-12/h6-7,10H,2-5,8H2,1H3,(H,14,15). The number of halogens is 1. The molecule has 0 bridgehead atoms. The van der Waals surface area contributed by atoms with Gasteiger partial charge in [0.1, 0.15) is 0 Å². The summed E-state index contributed by atoms with van der Waals surface area (Å²) in [6.45, 7) is 4.96. The fourth-order valence-electron chi connectivity index (χ4n) is 2.46. The highest BCUT2D eigenvalue weighted by Gasteiger charge is 2.24. The number of nitrogens with zero attached hydrogens (tertiary/aromatic N) is 3. The van der Waals surface area contributed by atoms with Gasteiger partial charge in [0.15, 0.2) is 0 Å². The van der Waals surface area contributed by atoms with Crippen LogP contribution in [0.4, 0.5) is 11.5 Å². The molecule has 19 heavy (non-hydrogen) atoms. The Morgan fingerprint density at radius 2 is 2.47 bits per heavy atom. The van der Waals surface area contributed by atoms with E-state index in [1.165, 1.54) is 12.5 Å². The van der Waals surface area contributed by atoms with Gasteiger partial charge in [0.2, 0.25) is 5.82 Å². The van der Waals surface area contributed by atoms with E-state index in [1.807, 2.05) is 0 Å². The van der Waals surface area contributed by atoms with E-state index in [9.17, 15) is 10.1 Å². The van der Waals surface area contributed by atoms with Crippen molar-refractivity contribution in [1.29, 1.82) is 0 Å². The van der Waals surface area contributed by atoms with Gasteiger partial charge in [-0.3, -0.25) is 15.0 Å². The van der Waals surface area contributed by atoms with Gasteiger partial charge in [0, 0.05) is 29.3 Å². The first-order valence-electron chi connectivity index (χ1n) is 6.39. The third-order valence-corrected chi connectivity index (χ3v) is 3.87. The zero-order chi connectivity index (χ0) is 13.8. The summed E-state index contributed by atoms with van der Waals surface area (Å²) in [7, 11) is 0. The molecule has 0 aliphatic carbocycles. The number of pyridine rings is 1. The number of hydrogen-bond acceptors (Lipinski definition) is 5. The van der Waals surface area contributed by atoms with E-state index >= 15 is 0 Å². The molecule has 0 spiro atoms. The van der Waals surface area contributed by atoms with Gasteiger partial charge in [-0.2, -0.15) is 0 Å². The van der Waals surface area contributed by atoms with Gasteiger partial charge in [0.05, 0.1) is 4.92 Å². The van der Waals surface area contributed by atoms with E-state index in [2.05, 4.69) is 38.1 Å². The lowest BCUT2D eigenvalue weighted by Gasteiger charge is -2.23. The maximum Gasteiger partial charge on any atom is 0.312 e. The van der Waals surface area contributed by atoms with Crippen molar-refractivity contribution in [1.82, 2.24) is 9.88 Å².